The molecule has 0 bridgehead atoms. The zero-order valence-corrected chi connectivity index (χ0v) is 19.4. The van der Waals surface area contributed by atoms with Crippen molar-refractivity contribution in [2.45, 2.75) is 24.8 Å². The van der Waals surface area contributed by atoms with Crippen LogP contribution in [-0.4, -0.2) is 43.2 Å². The van der Waals surface area contributed by atoms with Gasteiger partial charge in [0.15, 0.2) is 5.13 Å². The molecule has 0 aliphatic heterocycles. The van der Waals surface area contributed by atoms with E-state index in [4.69, 9.17) is 0 Å². The monoisotopic (exact) mass is 455 g/mol. The molecule has 0 radical (unpaired) electrons. The Morgan fingerprint density at radius 3 is 2.52 bits per heavy atom. The van der Waals surface area contributed by atoms with Gasteiger partial charge in [0.1, 0.15) is 0 Å². The number of rotatable bonds is 8. The molecule has 8 heteroatoms. The first-order chi connectivity index (χ1) is 14.8. The van der Waals surface area contributed by atoms with Gasteiger partial charge in [-0.05, 0) is 32.0 Å². The van der Waals surface area contributed by atoms with E-state index in [2.05, 4.69) is 11.6 Å². The highest BCUT2D eigenvalue weighted by molar-refractivity contribution is 7.89. The molecule has 0 N–H and O–H groups in total. The van der Waals surface area contributed by atoms with Gasteiger partial charge in [0, 0.05) is 36.1 Å². The van der Waals surface area contributed by atoms with Crippen LogP contribution in [-0.2, 0) is 10.0 Å². The van der Waals surface area contributed by atoms with E-state index in [9.17, 15) is 13.2 Å². The SMILES string of the molecule is C=CCN(C(=O)c1cccc(S(=O)(=O)N(C)C(C)C)c1)c1nc(-c2ccccc2)cs1. The lowest BCUT2D eigenvalue weighted by atomic mass is 10.2. The smallest absolute Gasteiger partial charge is 0.260 e. The molecular weight excluding hydrogens is 430 g/mol. The molecule has 3 rings (SSSR count). The van der Waals surface area contributed by atoms with Crippen molar-refractivity contribution in [1.29, 1.82) is 0 Å². The van der Waals surface area contributed by atoms with Gasteiger partial charge in [-0.1, -0.05) is 42.5 Å². The molecule has 0 saturated heterocycles. The normalized spacial score (nSPS) is 11.6. The molecule has 0 saturated carbocycles. The highest BCUT2D eigenvalue weighted by Gasteiger charge is 2.26. The summed E-state index contributed by atoms with van der Waals surface area (Å²) < 4.78 is 27.0. The third kappa shape index (κ3) is 4.92. The van der Waals surface area contributed by atoms with Crippen LogP contribution in [0.1, 0.15) is 24.2 Å². The van der Waals surface area contributed by atoms with Gasteiger partial charge in [-0.25, -0.2) is 13.4 Å². The van der Waals surface area contributed by atoms with Crippen LogP contribution in [0.4, 0.5) is 5.13 Å². The predicted molar refractivity (Wildman–Crippen MR) is 126 cm³/mol. The third-order valence-electron chi connectivity index (χ3n) is 4.83. The number of amides is 1. The lowest BCUT2D eigenvalue weighted by molar-refractivity contribution is 0.0989. The van der Waals surface area contributed by atoms with E-state index >= 15 is 0 Å². The maximum atomic E-state index is 13.3. The van der Waals surface area contributed by atoms with Crippen molar-refractivity contribution in [3.05, 3.63) is 78.2 Å². The van der Waals surface area contributed by atoms with E-state index in [1.807, 2.05) is 35.7 Å². The number of sulfonamides is 1. The second-order valence-electron chi connectivity index (χ2n) is 7.23. The van der Waals surface area contributed by atoms with Crippen LogP contribution in [0.5, 0.6) is 0 Å². The predicted octanol–water partition coefficient (Wildman–Crippen LogP) is 4.67. The number of nitrogens with zero attached hydrogens (tertiary/aromatic N) is 3. The lowest BCUT2D eigenvalue weighted by Gasteiger charge is -2.22. The quantitative estimate of drug-likeness (QED) is 0.463. The first kappa shape index (κ1) is 22.9. The molecule has 1 heterocycles. The van der Waals surface area contributed by atoms with E-state index in [1.54, 1.807) is 32.1 Å². The Morgan fingerprint density at radius 2 is 1.87 bits per heavy atom. The maximum Gasteiger partial charge on any atom is 0.260 e. The van der Waals surface area contributed by atoms with E-state index in [0.29, 0.717) is 5.13 Å². The molecule has 6 nitrogen and oxygen atoms in total. The summed E-state index contributed by atoms with van der Waals surface area (Å²) in [5.41, 5.74) is 2.01. The molecule has 3 aromatic rings. The summed E-state index contributed by atoms with van der Waals surface area (Å²) in [5.74, 6) is -0.335. The van der Waals surface area contributed by atoms with E-state index in [1.165, 1.54) is 39.7 Å². The number of thiazole rings is 1. The lowest BCUT2D eigenvalue weighted by Crippen LogP contribution is -2.34. The number of hydrogen-bond acceptors (Lipinski definition) is 5. The van der Waals surface area contributed by atoms with Crippen LogP contribution in [0.15, 0.2) is 77.5 Å². The number of benzene rings is 2. The summed E-state index contributed by atoms with van der Waals surface area (Å²) in [5, 5.41) is 2.42. The molecule has 2 aromatic carbocycles. The fourth-order valence-corrected chi connectivity index (χ4v) is 5.15. The van der Waals surface area contributed by atoms with Crippen LogP contribution in [0.3, 0.4) is 0 Å². The Kier molecular flexibility index (Phi) is 7.04. The van der Waals surface area contributed by atoms with Crippen molar-refractivity contribution >= 4 is 32.4 Å². The van der Waals surface area contributed by atoms with Gasteiger partial charge in [-0.15, -0.1) is 17.9 Å². The average Bonchev–Trinajstić information content (AvgIpc) is 3.27. The minimum absolute atomic E-state index is 0.0808. The minimum Gasteiger partial charge on any atom is -0.280 e. The van der Waals surface area contributed by atoms with Crippen LogP contribution in [0.25, 0.3) is 11.3 Å². The fourth-order valence-electron chi connectivity index (χ4n) is 2.90. The van der Waals surface area contributed by atoms with Gasteiger partial charge in [0.05, 0.1) is 10.6 Å². The Bertz CT molecular complexity index is 1170. The number of aromatic nitrogens is 1. The zero-order valence-electron chi connectivity index (χ0n) is 17.7. The van der Waals surface area contributed by atoms with E-state index < -0.39 is 10.0 Å². The molecule has 1 aromatic heterocycles. The summed E-state index contributed by atoms with van der Waals surface area (Å²) in [6.07, 6.45) is 1.62. The topological polar surface area (TPSA) is 70.6 Å². The first-order valence-electron chi connectivity index (χ1n) is 9.77. The number of anilines is 1. The van der Waals surface area contributed by atoms with Gasteiger partial charge < -0.3 is 0 Å². The molecule has 0 unspecified atom stereocenters. The van der Waals surface area contributed by atoms with Crippen molar-refractivity contribution in [1.82, 2.24) is 9.29 Å². The molecule has 0 spiro atoms. The van der Waals surface area contributed by atoms with Crippen molar-refractivity contribution in [3.63, 3.8) is 0 Å². The molecule has 0 atom stereocenters. The van der Waals surface area contributed by atoms with Gasteiger partial charge in [0.2, 0.25) is 10.0 Å². The molecule has 0 fully saturated rings. The number of carbonyl (C=O) groups is 1. The molecular formula is C23H25N3O3S2. The van der Waals surface area contributed by atoms with Crippen molar-refractivity contribution in [2.75, 3.05) is 18.5 Å². The summed E-state index contributed by atoms with van der Waals surface area (Å²) in [6.45, 7) is 7.59. The van der Waals surface area contributed by atoms with Crippen LogP contribution < -0.4 is 4.90 Å². The molecule has 0 aliphatic rings. The summed E-state index contributed by atoms with van der Waals surface area (Å²) in [4.78, 5) is 19.5. The zero-order chi connectivity index (χ0) is 22.6. The van der Waals surface area contributed by atoms with Crippen molar-refractivity contribution in [3.8, 4) is 11.3 Å². The maximum absolute atomic E-state index is 13.3. The first-order valence-corrected chi connectivity index (χ1v) is 12.1. The van der Waals surface area contributed by atoms with Gasteiger partial charge in [0.25, 0.3) is 5.91 Å². The summed E-state index contributed by atoms with van der Waals surface area (Å²) in [6, 6.07) is 15.6. The number of hydrogen-bond donors (Lipinski definition) is 0. The summed E-state index contributed by atoms with van der Waals surface area (Å²) >= 11 is 1.35. The van der Waals surface area contributed by atoms with Crippen molar-refractivity contribution in [2.24, 2.45) is 0 Å². The standard InChI is InChI=1S/C23H25N3O3S2/c1-5-14-26(23-24-21(16-30-23)18-10-7-6-8-11-18)22(27)19-12-9-13-20(15-19)31(28,29)25(4)17(2)3/h5-13,15-17H,1,14H2,2-4H3. The summed E-state index contributed by atoms with van der Waals surface area (Å²) in [7, 11) is -2.17. The Morgan fingerprint density at radius 1 is 1.16 bits per heavy atom. The Hall–Kier alpha value is -2.81. The molecule has 162 valence electrons. The fraction of sp³-hybridized carbons (Fsp3) is 0.217. The minimum atomic E-state index is -3.70. The second kappa shape index (κ2) is 9.55. The van der Waals surface area contributed by atoms with Crippen LogP contribution in [0.2, 0.25) is 0 Å². The van der Waals surface area contributed by atoms with Crippen LogP contribution in [0, 0.1) is 0 Å². The number of carbonyl (C=O) groups excluding carboxylic acids is 1. The average molecular weight is 456 g/mol. The van der Waals surface area contributed by atoms with Crippen LogP contribution >= 0.6 is 11.3 Å². The Balaban J connectivity index is 1.95. The van der Waals surface area contributed by atoms with Gasteiger partial charge in [-0.3, -0.25) is 9.69 Å². The van der Waals surface area contributed by atoms with E-state index in [0.717, 1.165) is 11.3 Å². The molecule has 0 aliphatic carbocycles. The highest BCUT2D eigenvalue weighted by Crippen LogP contribution is 2.29. The Labute approximate surface area is 187 Å². The van der Waals surface area contributed by atoms with Gasteiger partial charge >= 0.3 is 0 Å². The second-order valence-corrected chi connectivity index (χ2v) is 10.1. The highest BCUT2D eigenvalue weighted by atomic mass is 32.2. The molecule has 31 heavy (non-hydrogen) atoms. The molecule has 1 amide bonds. The largest absolute Gasteiger partial charge is 0.280 e. The van der Waals surface area contributed by atoms with Gasteiger partial charge in [-0.2, -0.15) is 4.31 Å². The van der Waals surface area contributed by atoms with E-state index in [-0.39, 0.29) is 29.0 Å². The third-order valence-corrected chi connectivity index (χ3v) is 7.73. The van der Waals surface area contributed by atoms with Crippen molar-refractivity contribution < 1.29 is 13.2 Å².